The number of ether oxygens (including phenoxy) is 1. The van der Waals surface area contributed by atoms with Crippen molar-refractivity contribution in [3.05, 3.63) is 40.1 Å². The fourth-order valence-corrected chi connectivity index (χ4v) is 3.40. The van der Waals surface area contributed by atoms with E-state index in [1.165, 1.54) is 6.07 Å². The lowest BCUT2D eigenvalue weighted by Crippen LogP contribution is -2.14. The highest BCUT2D eigenvalue weighted by Crippen LogP contribution is 2.31. The third-order valence-electron chi connectivity index (χ3n) is 2.91. The highest BCUT2D eigenvalue weighted by atomic mass is 79.9. The van der Waals surface area contributed by atoms with Gasteiger partial charge in [0.1, 0.15) is 17.3 Å². The van der Waals surface area contributed by atoms with Crippen LogP contribution in [0.2, 0.25) is 0 Å². The number of hydrogen-bond acceptors (Lipinski definition) is 4. The van der Waals surface area contributed by atoms with Crippen molar-refractivity contribution in [3.8, 4) is 5.75 Å². The van der Waals surface area contributed by atoms with Crippen molar-refractivity contribution in [3.63, 3.8) is 0 Å². The van der Waals surface area contributed by atoms with Gasteiger partial charge in [0.2, 0.25) is 10.0 Å². The topological polar surface area (TPSA) is 87.2 Å². The van der Waals surface area contributed by atoms with Crippen LogP contribution >= 0.6 is 15.9 Å². The lowest BCUT2D eigenvalue weighted by molar-refractivity contribution is 0.295. The van der Waals surface area contributed by atoms with E-state index in [0.717, 1.165) is 12.1 Å². The highest BCUT2D eigenvalue weighted by Gasteiger charge is 2.18. The van der Waals surface area contributed by atoms with Crippen LogP contribution < -0.4 is 9.88 Å². The fraction of sp³-hybridized carbons (Fsp3) is 0.308. The molecule has 0 aliphatic heterocycles. The average molecular weight is 374 g/mol. The minimum Gasteiger partial charge on any atom is -0.487 e. The smallest absolute Gasteiger partial charge is 0.241 e. The second-order valence-electron chi connectivity index (χ2n) is 4.59. The average Bonchev–Trinajstić information content (AvgIpc) is 2.83. The molecule has 114 valence electrons. The molecule has 2 N–H and O–H groups in total. The first-order valence-electron chi connectivity index (χ1n) is 6.28. The molecule has 2 aromatic rings. The molecule has 0 fully saturated rings. The number of hydrogen-bond donors (Lipinski definition) is 1. The molecular weight excluding hydrogens is 358 g/mol. The largest absolute Gasteiger partial charge is 0.487 e. The van der Waals surface area contributed by atoms with Gasteiger partial charge >= 0.3 is 0 Å². The Labute approximate surface area is 132 Å². The van der Waals surface area contributed by atoms with Gasteiger partial charge < -0.3 is 4.74 Å². The Morgan fingerprint density at radius 2 is 2.14 bits per heavy atom. The Bertz CT molecular complexity index is 756. The number of benzene rings is 1. The lowest BCUT2D eigenvalue weighted by Gasteiger charge is -2.13. The Morgan fingerprint density at radius 1 is 1.43 bits per heavy atom. The monoisotopic (exact) mass is 373 g/mol. The summed E-state index contributed by atoms with van der Waals surface area (Å²) in [6.07, 6.45) is 3.54. The molecule has 1 aromatic heterocycles. The lowest BCUT2D eigenvalue weighted by atomic mass is 10.2. The zero-order valence-electron chi connectivity index (χ0n) is 11.7. The first kappa shape index (κ1) is 16.0. The van der Waals surface area contributed by atoms with Gasteiger partial charge in [0.05, 0.1) is 6.20 Å². The van der Waals surface area contributed by atoms with Crippen LogP contribution in [0, 0.1) is 6.92 Å². The van der Waals surface area contributed by atoms with Crippen molar-refractivity contribution in [2.45, 2.75) is 31.9 Å². The molecule has 0 saturated carbocycles. The molecule has 6 nitrogen and oxygen atoms in total. The Hall–Kier alpha value is -1.38. The molecule has 0 aliphatic rings. The van der Waals surface area contributed by atoms with Gasteiger partial charge in [-0.2, -0.15) is 5.10 Å². The van der Waals surface area contributed by atoms with Gasteiger partial charge in [0, 0.05) is 22.8 Å². The third-order valence-corrected chi connectivity index (χ3v) is 4.28. The SMILES string of the molecule is CCn1cc(COc2c(C)cc(Br)cc2S(N)(=O)=O)cn1. The molecular formula is C13H16BrN3O3S. The summed E-state index contributed by atoms with van der Waals surface area (Å²) in [5, 5.41) is 9.39. The first-order chi connectivity index (χ1) is 9.81. The number of sulfonamides is 1. The second kappa shape index (κ2) is 6.17. The molecule has 0 bridgehead atoms. The summed E-state index contributed by atoms with van der Waals surface area (Å²) >= 11 is 3.26. The van der Waals surface area contributed by atoms with Crippen LogP contribution in [-0.4, -0.2) is 18.2 Å². The first-order valence-corrected chi connectivity index (χ1v) is 8.62. The summed E-state index contributed by atoms with van der Waals surface area (Å²) in [5.41, 5.74) is 1.55. The standard InChI is InChI=1S/C13H16BrN3O3S/c1-3-17-7-10(6-16-17)8-20-13-9(2)4-11(14)5-12(13)21(15,18)19/h4-7H,3,8H2,1-2H3,(H2,15,18,19). The maximum Gasteiger partial charge on any atom is 0.241 e. The normalized spacial score (nSPS) is 11.6. The molecule has 8 heteroatoms. The van der Waals surface area contributed by atoms with Crippen LogP contribution in [0.1, 0.15) is 18.1 Å². The van der Waals surface area contributed by atoms with E-state index in [1.807, 2.05) is 13.1 Å². The number of nitrogens with zero attached hydrogens (tertiary/aromatic N) is 2. The van der Waals surface area contributed by atoms with Gasteiger partial charge in [-0.1, -0.05) is 15.9 Å². The van der Waals surface area contributed by atoms with E-state index in [0.29, 0.717) is 10.0 Å². The zero-order valence-corrected chi connectivity index (χ0v) is 14.1. The number of primary sulfonamides is 1. The summed E-state index contributed by atoms with van der Waals surface area (Å²) in [7, 11) is -3.86. The van der Waals surface area contributed by atoms with Crippen molar-refractivity contribution in [1.82, 2.24) is 9.78 Å². The van der Waals surface area contributed by atoms with Gasteiger partial charge in [-0.05, 0) is 31.5 Å². The maximum absolute atomic E-state index is 11.7. The van der Waals surface area contributed by atoms with E-state index >= 15 is 0 Å². The summed E-state index contributed by atoms with van der Waals surface area (Å²) in [6.45, 7) is 4.74. The van der Waals surface area contributed by atoms with Crippen LogP contribution in [0.5, 0.6) is 5.75 Å². The molecule has 0 atom stereocenters. The highest BCUT2D eigenvalue weighted by molar-refractivity contribution is 9.10. The van der Waals surface area contributed by atoms with Crippen molar-refractivity contribution in [2.24, 2.45) is 5.14 Å². The van der Waals surface area contributed by atoms with Crippen LogP contribution in [-0.2, 0) is 23.2 Å². The fourth-order valence-electron chi connectivity index (χ4n) is 1.90. The van der Waals surface area contributed by atoms with Crippen LogP contribution in [0.3, 0.4) is 0 Å². The number of rotatable bonds is 5. The summed E-state index contributed by atoms with van der Waals surface area (Å²) in [4.78, 5) is -0.0303. The van der Waals surface area contributed by atoms with Crippen molar-refractivity contribution >= 4 is 26.0 Å². The Balaban J connectivity index is 2.31. The van der Waals surface area contributed by atoms with E-state index in [-0.39, 0.29) is 17.3 Å². The van der Waals surface area contributed by atoms with Crippen LogP contribution in [0.4, 0.5) is 0 Å². The third kappa shape index (κ3) is 3.84. The molecule has 0 radical (unpaired) electrons. The predicted octanol–water partition coefficient (Wildman–Crippen LogP) is 2.20. The molecule has 0 amide bonds. The Kier molecular flexibility index (Phi) is 4.70. The van der Waals surface area contributed by atoms with Crippen molar-refractivity contribution < 1.29 is 13.2 Å². The summed E-state index contributed by atoms with van der Waals surface area (Å²) in [6, 6.07) is 3.21. The van der Waals surface area contributed by atoms with E-state index < -0.39 is 10.0 Å². The van der Waals surface area contributed by atoms with E-state index in [1.54, 1.807) is 23.9 Å². The molecule has 2 rings (SSSR count). The number of halogens is 1. The van der Waals surface area contributed by atoms with Gasteiger partial charge in [0.15, 0.2) is 0 Å². The predicted molar refractivity (Wildman–Crippen MR) is 82.5 cm³/mol. The van der Waals surface area contributed by atoms with Gasteiger partial charge in [-0.3, -0.25) is 4.68 Å². The second-order valence-corrected chi connectivity index (χ2v) is 7.03. The van der Waals surface area contributed by atoms with Crippen molar-refractivity contribution in [2.75, 3.05) is 0 Å². The quantitative estimate of drug-likeness (QED) is 0.869. The minimum absolute atomic E-state index is 0.0303. The van der Waals surface area contributed by atoms with Crippen LogP contribution in [0.15, 0.2) is 33.9 Å². The number of nitrogens with two attached hydrogens (primary N) is 1. The molecule has 1 heterocycles. The minimum atomic E-state index is -3.86. The maximum atomic E-state index is 11.7. The van der Waals surface area contributed by atoms with Crippen LogP contribution in [0.25, 0.3) is 0 Å². The van der Waals surface area contributed by atoms with Gasteiger partial charge in [0.25, 0.3) is 0 Å². The number of aromatic nitrogens is 2. The molecule has 0 aliphatic carbocycles. The summed E-state index contributed by atoms with van der Waals surface area (Å²) in [5.74, 6) is 0.268. The molecule has 0 saturated heterocycles. The molecule has 21 heavy (non-hydrogen) atoms. The van der Waals surface area contributed by atoms with E-state index in [2.05, 4.69) is 21.0 Å². The van der Waals surface area contributed by atoms with Gasteiger partial charge in [-0.15, -0.1) is 0 Å². The molecule has 0 spiro atoms. The van der Waals surface area contributed by atoms with Gasteiger partial charge in [-0.25, -0.2) is 13.6 Å². The molecule has 1 aromatic carbocycles. The zero-order chi connectivity index (χ0) is 15.6. The summed E-state index contributed by atoms with van der Waals surface area (Å²) < 4.78 is 31.4. The van der Waals surface area contributed by atoms with E-state index in [4.69, 9.17) is 9.88 Å². The Morgan fingerprint density at radius 3 is 2.71 bits per heavy atom. The van der Waals surface area contributed by atoms with E-state index in [9.17, 15) is 8.42 Å². The number of aryl methyl sites for hydroxylation is 2. The van der Waals surface area contributed by atoms with Crippen molar-refractivity contribution in [1.29, 1.82) is 0 Å². The molecule has 0 unspecified atom stereocenters.